The summed E-state index contributed by atoms with van der Waals surface area (Å²) < 4.78 is 28.2. The van der Waals surface area contributed by atoms with Crippen LogP contribution in [-0.4, -0.2) is 24.7 Å². The van der Waals surface area contributed by atoms with Gasteiger partial charge in [-0.1, -0.05) is 42.5 Å². The molecule has 1 unspecified atom stereocenters. The smallest absolute Gasteiger partial charge is 0.253 e. The van der Waals surface area contributed by atoms with E-state index < -0.39 is 16.1 Å². The quantitative estimate of drug-likeness (QED) is 0.642. The lowest BCUT2D eigenvalue weighted by atomic mass is 9.95. The van der Waals surface area contributed by atoms with Gasteiger partial charge in [0.2, 0.25) is 5.91 Å². The first kappa shape index (κ1) is 21.2. The van der Waals surface area contributed by atoms with Crippen LogP contribution in [0.4, 0.5) is 0 Å². The number of nitriles is 1. The highest BCUT2D eigenvalue weighted by Gasteiger charge is 2.40. The van der Waals surface area contributed by atoms with E-state index in [2.05, 4.69) is 11.4 Å². The molecule has 31 heavy (non-hydrogen) atoms. The zero-order valence-electron chi connectivity index (χ0n) is 16.9. The zero-order valence-corrected chi connectivity index (χ0v) is 18.5. The molecule has 0 aliphatic carbocycles. The molecule has 1 amide bonds. The fourth-order valence-electron chi connectivity index (χ4n) is 3.74. The van der Waals surface area contributed by atoms with Crippen molar-refractivity contribution in [3.05, 3.63) is 88.3 Å². The number of benzene rings is 2. The molecule has 3 aromatic rings. The molecule has 6 nitrogen and oxygen atoms in total. The van der Waals surface area contributed by atoms with E-state index in [1.807, 2.05) is 31.2 Å². The highest BCUT2D eigenvalue weighted by atomic mass is 32.2. The van der Waals surface area contributed by atoms with Crippen LogP contribution in [0.3, 0.4) is 0 Å². The summed E-state index contributed by atoms with van der Waals surface area (Å²) in [4.78, 5) is 13.3. The Morgan fingerprint density at radius 1 is 1.13 bits per heavy atom. The van der Waals surface area contributed by atoms with Gasteiger partial charge in [-0.05, 0) is 53.6 Å². The van der Waals surface area contributed by atoms with Gasteiger partial charge in [0.1, 0.15) is 10.3 Å². The minimum absolute atomic E-state index is 0.153. The summed E-state index contributed by atoms with van der Waals surface area (Å²) in [6.07, 6.45) is 0.312. The van der Waals surface area contributed by atoms with E-state index in [4.69, 9.17) is 5.26 Å². The van der Waals surface area contributed by atoms with Crippen molar-refractivity contribution in [2.24, 2.45) is 0 Å². The Kier molecular flexibility index (Phi) is 5.92. The molecule has 0 saturated carbocycles. The third-order valence-corrected chi connectivity index (χ3v) is 8.69. The molecule has 8 heteroatoms. The Morgan fingerprint density at radius 2 is 1.84 bits per heavy atom. The molecule has 1 aromatic heterocycles. The molecule has 2 heterocycles. The lowest BCUT2D eigenvalue weighted by molar-refractivity contribution is -0.125. The first-order valence-electron chi connectivity index (χ1n) is 9.82. The molecule has 2 atom stereocenters. The molecule has 1 aliphatic heterocycles. The number of hydrogen-bond acceptors (Lipinski definition) is 5. The number of amides is 1. The molecule has 1 aliphatic rings. The van der Waals surface area contributed by atoms with Gasteiger partial charge < -0.3 is 5.32 Å². The number of carbonyl (C=O) groups excluding carboxylic acids is 1. The average molecular weight is 452 g/mol. The molecule has 0 saturated heterocycles. The van der Waals surface area contributed by atoms with Gasteiger partial charge in [-0.15, -0.1) is 11.3 Å². The Hall–Kier alpha value is -2.99. The van der Waals surface area contributed by atoms with Crippen LogP contribution in [0.25, 0.3) is 0 Å². The monoisotopic (exact) mass is 451 g/mol. The normalized spacial score (nSPS) is 17.4. The van der Waals surface area contributed by atoms with Crippen LogP contribution < -0.4 is 5.32 Å². The number of hydrogen-bond donors (Lipinski definition) is 1. The van der Waals surface area contributed by atoms with E-state index in [1.165, 1.54) is 4.31 Å². The van der Waals surface area contributed by atoms with Gasteiger partial charge in [-0.2, -0.15) is 9.57 Å². The average Bonchev–Trinajstić information content (AvgIpc) is 3.34. The second-order valence-corrected chi connectivity index (χ2v) is 10.5. The molecule has 0 radical (unpaired) electrons. The van der Waals surface area contributed by atoms with Gasteiger partial charge in [0.25, 0.3) is 10.0 Å². The lowest BCUT2D eigenvalue weighted by Gasteiger charge is -2.35. The lowest BCUT2D eigenvalue weighted by Crippen LogP contribution is -2.52. The summed E-state index contributed by atoms with van der Waals surface area (Å²) in [7, 11) is -3.81. The molecular weight excluding hydrogens is 430 g/mol. The van der Waals surface area contributed by atoms with E-state index in [1.54, 1.807) is 41.8 Å². The van der Waals surface area contributed by atoms with Crippen molar-refractivity contribution in [1.82, 2.24) is 9.62 Å². The third kappa shape index (κ3) is 4.26. The maximum absolute atomic E-state index is 13.3. The van der Waals surface area contributed by atoms with E-state index >= 15 is 0 Å². The predicted octanol–water partition coefficient (Wildman–Crippen LogP) is 3.61. The van der Waals surface area contributed by atoms with Crippen molar-refractivity contribution in [1.29, 1.82) is 5.26 Å². The van der Waals surface area contributed by atoms with Crippen LogP contribution in [0.2, 0.25) is 0 Å². The fourth-order valence-corrected chi connectivity index (χ4v) is 6.42. The molecule has 2 aromatic carbocycles. The van der Waals surface area contributed by atoms with E-state index in [-0.39, 0.29) is 22.7 Å². The highest BCUT2D eigenvalue weighted by molar-refractivity contribution is 7.91. The largest absolute Gasteiger partial charge is 0.348 e. The van der Waals surface area contributed by atoms with Gasteiger partial charge in [0.15, 0.2) is 0 Å². The molecule has 0 spiro atoms. The van der Waals surface area contributed by atoms with Crippen LogP contribution in [-0.2, 0) is 27.8 Å². The predicted molar refractivity (Wildman–Crippen MR) is 119 cm³/mol. The molecular formula is C23H21N3O3S2. The van der Waals surface area contributed by atoms with Crippen molar-refractivity contribution in [2.45, 2.75) is 36.2 Å². The number of nitrogens with zero attached hydrogens (tertiary/aromatic N) is 2. The van der Waals surface area contributed by atoms with E-state index in [9.17, 15) is 13.2 Å². The van der Waals surface area contributed by atoms with Crippen LogP contribution in [0.1, 0.15) is 35.2 Å². The Morgan fingerprint density at radius 3 is 2.48 bits per heavy atom. The summed E-state index contributed by atoms with van der Waals surface area (Å²) >= 11 is 1.15. The molecule has 4 rings (SSSR count). The summed E-state index contributed by atoms with van der Waals surface area (Å²) in [6.45, 7) is 1.99. The zero-order chi connectivity index (χ0) is 22.0. The summed E-state index contributed by atoms with van der Waals surface area (Å²) in [5.74, 6) is -0.341. The Balaban J connectivity index is 1.63. The Bertz CT molecular complexity index is 1230. The second-order valence-electron chi connectivity index (χ2n) is 7.44. The minimum Gasteiger partial charge on any atom is -0.348 e. The molecule has 1 N–H and O–H groups in total. The first-order chi connectivity index (χ1) is 14.9. The van der Waals surface area contributed by atoms with Crippen LogP contribution in [0, 0.1) is 11.3 Å². The van der Waals surface area contributed by atoms with Crippen molar-refractivity contribution in [2.75, 3.05) is 0 Å². The van der Waals surface area contributed by atoms with Gasteiger partial charge in [0.05, 0.1) is 17.7 Å². The SMILES string of the molecule is CC(NC(=O)[C@@H]1Cc2ccccc2CN1S(=O)(=O)c1cccs1)c1ccc(C#N)cc1. The number of fused-ring (bicyclic) bond motifs is 1. The maximum Gasteiger partial charge on any atom is 0.253 e. The number of thiophene rings is 1. The topological polar surface area (TPSA) is 90.3 Å². The van der Waals surface area contributed by atoms with Gasteiger partial charge in [-0.25, -0.2) is 8.42 Å². The number of rotatable bonds is 5. The first-order valence-corrected chi connectivity index (χ1v) is 12.1. The van der Waals surface area contributed by atoms with Crippen molar-refractivity contribution < 1.29 is 13.2 Å². The maximum atomic E-state index is 13.3. The van der Waals surface area contributed by atoms with Gasteiger partial charge >= 0.3 is 0 Å². The number of sulfonamides is 1. The number of nitrogens with one attached hydrogen (secondary N) is 1. The van der Waals surface area contributed by atoms with E-state index in [0.717, 1.165) is 28.0 Å². The van der Waals surface area contributed by atoms with E-state index in [0.29, 0.717) is 12.0 Å². The molecule has 158 valence electrons. The van der Waals surface area contributed by atoms with Crippen molar-refractivity contribution in [3.63, 3.8) is 0 Å². The second kappa shape index (κ2) is 8.63. The summed E-state index contributed by atoms with van der Waals surface area (Å²) in [5, 5.41) is 13.6. The molecule has 0 fully saturated rings. The van der Waals surface area contributed by atoms with Crippen LogP contribution in [0.15, 0.2) is 70.3 Å². The number of carbonyl (C=O) groups is 1. The minimum atomic E-state index is -3.81. The highest BCUT2D eigenvalue weighted by Crippen LogP contribution is 2.31. The fraction of sp³-hybridized carbons (Fsp3) is 0.217. The van der Waals surface area contributed by atoms with Crippen LogP contribution >= 0.6 is 11.3 Å². The standard InChI is InChI=1S/C23H21N3O3S2/c1-16(18-10-8-17(14-24)9-11-18)25-23(27)21-13-19-5-2-3-6-20(19)15-26(21)31(28,29)22-7-4-12-30-22/h2-12,16,21H,13,15H2,1H3,(H,25,27)/t16?,21-/m0/s1. The van der Waals surface area contributed by atoms with Crippen molar-refractivity contribution in [3.8, 4) is 6.07 Å². The van der Waals surface area contributed by atoms with Crippen molar-refractivity contribution >= 4 is 27.3 Å². The summed E-state index contributed by atoms with van der Waals surface area (Å²) in [6, 6.07) is 18.7. The Labute approximate surface area is 185 Å². The molecule has 0 bridgehead atoms. The van der Waals surface area contributed by atoms with Crippen LogP contribution in [0.5, 0.6) is 0 Å². The van der Waals surface area contributed by atoms with Gasteiger partial charge in [0, 0.05) is 6.54 Å². The van der Waals surface area contributed by atoms with Gasteiger partial charge in [-0.3, -0.25) is 4.79 Å². The summed E-state index contributed by atoms with van der Waals surface area (Å²) in [5.41, 5.74) is 3.27. The third-order valence-electron chi connectivity index (χ3n) is 5.46.